The molecule has 0 radical (unpaired) electrons. The fourth-order valence-electron chi connectivity index (χ4n) is 1.73. The maximum atomic E-state index is 11.9. The van der Waals surface area contributed by atoms with Gasteiger partial charge < -0.3 is 15.2 Å². The number of benzene rings is 1. The van der Waals surface area contributed by atoms with Crippen LogP contribution in [-0.2, 0) is 9.59 Å². The maximum absolute atomic E-state index is 11.9. The van der Waals surface area contributed by atoms with Gasteiger partial charge in [-0.05, 0) is 25.0 Å². The topological polar surface area (TPSA) is 75.6 Å². The zero-order chi connectivity index (χ0) is 13.9. The largest absolute Gasteiger partial charge is 0.489 e. The summed E-state index contributed by atoms with van der Waals surface area (Å²) in [5.74, 6) is -0.942. The van der Waals surface area contributed by atoms with Crippen molar-refractivity contribution in [1.29, 1.82) is 0 Å². The Balaban J connectivity index is 2.05. The van der Waals surface area contributed by atoms with E-state index in [0.717, 1.165) is 0 Å². The average molecular weight is 261 g/mol. The van der Waals surface area contributed by atoms with E-state index in [2.05, 4.69) is 11.9 Å². The van der Waals surface area contributed by atoms with Crippen molar-refractivity contribution < 1.29 is 19.4 Å². The minimum absolute atomic E-state index is 0.371. The summed E-state index contributed by atoms with van der Waals surface area (Å²) >= 11 is 0. The van der Waals surface area contributed by atoms with Gasteiger partial charge in [0.1, 0.15) is 17.8 Å². The van der Waals surface area contributed by atoms with Crippen molar-refractivity contribution in [3.63, 3.8) is 0 Å². The summed E-state index contributed by atoms with van der Waals surface area (Å²) in [7, 11) is 0. The third-order valence-corrected chi connectivity index (χ3v) is 3.05. The van der Waals surface area contributed by atoms with Gasteiger partial charge in [-0.3, -0.25) is 9.59 Å². The molecule has 1 aromatic rings. The second-order valence-electron chi connectivity index (χ2n) is 4.47. The summed E-state index contributed by atoms with van der Waals surface area (Å²) in [4.78, 5) is 22.9. The standard InChI is InChI=1S/C14H15NO4/c1-2-8-19-11-5-3-4-10(9-11)15-12(16)14(6-7-14)13(17)18/h2-5,9H,1,6-8H2,(H,15,16)(H,17,18). The molecule has 1 saturated carbocycles. The lowest BCUT2D eigenvalue weighted by atomic mass is 10.1. The van der Waals surface area contributed by atoms with E-state index in [0.29, 0.717) is 30.9 Å². The van der Waals surface area contributed by atoms with E-state index in [9.17, 15) is 9.59 Å². The van der Waals surface area contributed by atoms with Gasteiger partial charge in [-0.2, -0.15) is 0 Å². The number of ether oxygens (including phenoxy) is 1. The van der Waals surface area contributed by atoms with E-state index >= 15 is 0 Å². The first-order valence-electron chi connectivity index (χ1n) is 5.97. The van der Waals surface area contributed by atoms with Crippen LogP contribution in [-0.4, -0.2) is 23.6 Å². The molecule has 19 heavy (non-hydrogen) atoms. The molecule has 0 heterocycles. The van der Waals surface area contributed by atoms with Gasteiger partial charge in [-0.1, -0.05) is 18.7 Å². The highest BCUT2D eigenvalue weighted by atomic mass is 16.5. The summed E-state index contributed by atoms with van der Waals surface area (Å²) < 4.78 is 5.34. The van der Waals surface area contributed by atoms with Crippen LogP contribution in [0.3, 0.4) is 0 Å². The van der Waals surface area contributed by atoms with Gasteiger partial charge in [0.25, 0.3) is 0 Å². The number of aliphatic carboxylic acids is 1. The second kappa shape index (κ2) is 5.14. The van der Waals surface area contributed by atoms with Crippen LogP contribution in [0.4, 0.5) is 5.69 Å². The van der Waals surface area contributed by atoms with Gasteiger partial charge >= 0.3 is 5.97 Å². The first kappa shape index (κ1) is 13.1. The van der Waals surface area contributed by atoms with Crippen LogP contribution in [0.1, 0.15) is 12.8 Å². The zero-order valence-electron chi connectivity index (χ0n) is 10.4. The van der Waals surface area contributed by atoms with Crippen LogP contribution in [0.15, 0.2) is 36.9 Å². The van der Waals surface area contributed by atoms with Crippen molar-refractivity contribution in [2.24, 2.45) is 5.41 Å². The Morgan fingerprint density at radius 2 is 2.21 bits per heavy atom. The monoisotopic (exact) mass is 261 g/mol. The van der Waals surface area contributed by atoms with E-state index in [1.807, 2.05) is 0 Å². The molecule has 1 aliphatic rings. The van der Waals surface area contributed by atoms with Gasteiger partial charge in [0.15, 0.2) is 0 Å². The predicted molar refractivity (Wildman–Crippen MR) is 70.1 cm³/mol. The summed E-state index contributed by atoms with van der Waals surface area (Å²) in [6, 6.07) is 6.83. The smallest absolute Gasteiger partial charge is 0.319 e. The SMILES string of the molecule is C=CCOc1cccc(NC(=O)C2(C(=O)O)CC2)c1. The van der Waals surface area contributed by atoms with Crippen molar-refractivity contribution in [2.75, 3.05) is 11.9 Å². The molecule has 5 heteroatoms. The molecule has 5 nitrogen and oxygen atoms in total. The van der Waals surface area contributed by atoms with Crippen molar-refractivity contribution in [3.05, 3.63) is 36.9 Å². The quantitative estimate of drug-likeness (QED) is 0.607. The average Bonchev–Trinajstić information content (AvgIpc) is 3.18. The Kier molecular flexibility index (Phi) is 3.55. The highest BCUT2D eigenvalue weighted by molar-refractivity contribution is 6.10. The van der Waals surface area contributed by atoms with Crippen molar-refractivity contribution in [1.82, 2.24) is 0 Å². The Hall–Kier alpha value is -2.30. The highest BCUT2D eigenvalue weighted by Gasteiger charge is 2.57. The van der Waals surface area contributed by atoms with E-state index in [-0.39, 0.29) is 0 Å². The highest BCUT2D eigenvalue weighted by Crippen LogP contribution is 2.46. The number of carbonyl (C=O) groups excluding carboxylic acids is 1. The minimum Gasteiger partial charge on any atom is -0.489 e. The van der Waals surface area contributed by atoms with Crippen LogP contribution < -0.4 is 10.1 Å². The molecule has 100 valence electrons. The third-order valence-electron chi connectivity index (χ3n) is 3.05. The molecule has 0 saturated heterocycles. The summed E-state index contributed by atoms with van der Waals surface area (Å²) in [5.41, 5.74) is -0.711. The summed E-state index contributed by atoms with van der Waals surface area (Å²) in [6.07, 6.45) is 2.40. The molecule has 0 aliphatic heterocycles. The van der Waals surface area contributed by atoms with Crippen LogP contribution in [0, 0.1) is 5.41 Å². The lowest BCUT2D eigenvalue weighted by molar-refractivity contribution is -0.147. The third kappa shape index (κ3) is 2.76. The number of carboxylic acids is 1. The molecule has 1 aromatic carbocycles. The van der Waals surface area contributed by atoms with Crippen LogP contribution in [0.5, 0.6) is 5.75 Å². The molecular formula is C14H15NO4. The van der Waals surface area contributed by atoms with Gasteiger partial charge in [0.05, 0.1) is 0 Å². The maximum Gasteiger partial charge on any atom is 0.319 e. The lowest BCUT2D eigenvalue weighted by Crippen LogP contribution is -2.31. The normalized spacial score (nSPS) is 15.4. The van der Waals surface area contributed by atoms with Gasteiger partial charge in [-0.25, -0.2) is 0 Å². The first-order valence-corrected chi connectivity index (χ1v) is 5.97. The van der Waals surface area contributed by atoms with E-state index in [1.165, 1.54) is 0 Å². The number of carboxylic acid groups (broad SMARTS) is 1. The number of amides is 1. The van der Waals surface area contributed by atoms with Gasteiger partial charge in [-0.15, -0.1) is 0 Å². The molecule has 0 bridgehead atoms. The Morgan fingerprint density at radius 3 is 2.79 bits per heavy atom. The molecule has 1 amide bonds. The van der Waals surface area contributed by atoms with E-state index in [1.54, 1.807) is 30.3 Å². The molecule has 1 aliphatic carbocycles. The number of carbonyl (C=O) groups is 2. The van der Waals surface area contributed by atoms with Crippen molar-refractivity contribution in [2.45, 2.75) is 12.8 Å². The van der Waals surface area contributed by atoms with Crippen molar-refractivity contribution in [3.8, 4) is 5.75 Å². The van der Waals surface area contributed by atoms with Gasteiger partial charge in [0.2, 0.25) is 5.91 Å². The number of anilines is 1. The van der Waals surface area contributed by atoms with Crippen molar-refractivity contribution >= 4 is 17.6 Å². The number of nitrogens with one attached hydrogen (secondary N) is 1. The van der Waals surface area contributed by atoms with Crippen LogP contribution in [0.25, 0.3) is 0 Å². The molecule has 0 aromatic heterocycles. The number of hydrogen-bond donors (Lipinski definition) is 2. The summed E-state index contributed by atoms with van der Waals surface area (Å²) in [6.45, 7) is 3.92. The molecule has 0 atom stereocenters. The first-order chi connectivity index (χ1) is 9.08. The van der Waals surface area contributed by atoms with E-state index in [4.69, 9.17) is 9.84 Å². The van der Waals surface area contributed by atoms with Crippen LogP contribution in [0.2, 0.25) is 0 Å². The molecule has 0 spiro atoms. The fraction of sp³-hybridized carbons (Fsp3) is 0.286. The molecule has 2 N–H and O–H groups in total. The number of rotatable bonds is 6. The van der Waals surface area contributed by atoms with Crippen LogP contribution >= 0.6 is 0 Å². The number of hydrogen-bond acceptors (Lipinski definition) is 3. The fourth-order valence-corrected chi connectivity index (χ4v) is 1.73. The second-order valence-corrected chi connectivity index (χ2v) is 4.47. The lowest BCUT2D eigenvalue weighted by Gasteiger charge is -2.11. The van der Waals surface area contributed by atoms with Gasteiger partial charge in [0, 0.05) is 11.8 Å². The molecule has 0 unspecified atom stereocenters. The Morgan fingerprint density at radius 1 is 1.47 bits per heavy atom. The molecule has 1 fully saturated rings. The minimum atomic E-state index is -1.24. The Labute approximate surface area is 110 Å². The summed E-state index contributed by atoms with van der Waals surface area (Å²) in [5, 5.41) is 11.6. The predicted octanol–water partition coefficient (Wildman–Crippen LogP) is 2.05. The van der Waals surface area contributed by atoms with E-state index < -0.39 is 17.3 Å². The zero-order valence-corrected chi connectivity index (χ0v) is 10.4. The molecular weight excluding hydrogens is 246 g/mol. The molecule has 2 rings (SSSR count). The Bertz CT molecular complexity index is 520.